The molecule has 5 nitrogen and oxygen atoms in total. The van der Waals surface area contributed by atoms with Gasteiger partial charge in [-0.05, 0) is 29.8 Å². The molecule has 8 heteroatoms. The lowest BCUT2D eigenvalue weighted by Crippen LogP contribution is -2.39. The highest BCUT2D eigenvalue weighted by atomic mass is 35.5. The van der Waals surface area contributed by atoms with Crippen molar-refractivity contribution in [2.75, 3.05) is 11.4 Å². The van der Waals surface area contributed by atoms with Crippen LogP contribution in [0.3, 0.4) is 0 Å². The van der Waals surface area contributed by atoms with Gasteiger partial charge in [0, 0.05) is 17.1 Å². The number of carbonyl (C=O) groups is 1. The second-order valence-corrected chi connectivity index (χ2v) is 9.22. The van der Waals surface area contributed by atoms with Crippen molar-refractivity contribution in [2.24, 2.45) is 0 Å². The summed E-state index contributed by atoms with van der Waals surface area (Å²) in [5, 5.41) is 0.417. The molecule has 1 amide bonds. The van der Waals surface area contributed by atoms with Crippen molar-refractivity contribution >= 4 is 33.2 Å². The number of nitrogens with zero attached hydrogens (tertiary/aromatic N) is 2. The Labute approximate surface area is 179 Å². The Bertz CT molecular complexity index is 1220. The van der Waals surface area contributed by atoms with E-state index in [0.717, 1.165) is 4.31 Å². The van der Waals surface area contributed by atoms with Crippen LogP contribution in [0.2, 0.25) is 5.02 Å². The molecule has 30 heavy (non-hydrogen) atoms. The number of fused-ring (bicyclic) bond motifs is 1. The molecule has 0 radical (unpaired) electrons. The molecule has 0 aliphatic carbocycles. The maximum atomic E-state index is 14.2. The largest absolute Gasteiger partial charge is 0.305 e. The predicted octanol–water partition coefficient (Wildman–Crippen LogP) is 4.22. The molecule has 0 N–H and O–H groups in total. The van der Waals surface area contributed by atoms with Gasteiger partial charge >= 0.3 is 0 Å². The summed E-state index contributed by atoms with van der Waals surface area (Å²) in [5.41, 5.74) is 1.13. The summed E-state index contributed by atoms with van der Waals surface area (Å²) >= 11 is 6.21. The van der Waals surface area contributed by atoms with Gasteiger partial charge in [0.05, 0.1) is 18.8 Å². The van der Waals surface area contributed by atoms with E-state index in [9.17, 15) is 17.6 Å². The molecular formula is C22H18ClFN2O3S. The van der Waals surface area contributed by atoms with Crippen molar-refractivity contribution in [2.45, 2.75) is 18.0 Å². The topological polar surface area (TPSA) is 57.7 Å². The molecular weight excluding hydrogens is 427 g/mol. The number of anilines is 1. The smallest absolute Gasteiger partial charge is 0.245 e. The Morgan fingerprint density at radius 2 is 1.50 bits per heavy atom. The fourth-order valence-corrected chi connectivity index (χ4v) is 5.18. The number of sulfonamides is 1. The highest BCUT2D eigenvalue weighted by Crippen LogP contribution is 2.33. The number of para-hydroxylation sites is 1. The van der Waals surface area contributed by atoms with Gasteiger partial charge < -0.3 is 4.90 Å². The van der Waals surface area contributed by atoms with Crippen LogP contribution in [0.5, 0.6) is 0 Å². The van der Waals surface area contributed by atoms with Gasteiger partial charge in [0.2, 0.25) is 15.9 Å². The molecule has 0 atom stereocenters. The van der Waals surface area contributed by atoms with Crippen LogP contribution in [0.1, 0.15) is 11.1 Å². The van der Waals surface area contributed by atoms with Crippen LogP contribution in [0.4, 0.5) is 10.1 Å². The van der Waals surface area contributed by atoms with E-state index in [4.69, 9.17) is 11.6 Å². The molecule has 154 valence electrons. The van der Waals surface area contributed by atoms with Crippen LogP contribution in [-0.4, -0.2) is 25.2 Å². The quantitative estimate of drug-likeness (QED) is 0.605. The molecule has 0 unspecified atom stereocenters. The number of rotatable bonds is 4. The summed E-state index contributed by atoms with van der Waals surface area (Å²) in [6, 6.07) is 19.3. The Morgan fingerprint density at radius 3 is 2.23 bits per heavy atom. The normalized spacial score (nSPS) is 16.2. The highest BCUT2D eigenvalue weighted by molar-refractivity contribution is 7.89. The average Bonchev–Trinajstić information content (AvgIpc) is 2.80. The molecule has 0 saturated carbocycles. The van der Waals surface area contributed by atoms with Crippen molar-refractivity contribution in [3.05, 3.63) is 94.8 Å². The van der Waals surface area contributed by atoms with E-state index in [1.54, 1.807) is 60.7 Å². The molecule has 1 aliphatic rings. The van der Waals surface area contributed by atoms with Gasteiger partial charge in [0.15, 0.2) is 0 Å². The Kier molecular flexibility index (Phi) is 5.60. The summed E-state index contributed by atoms with van der Waals surface area (Å²) in [5.74, 6) is -0.901. The molecule has 0 bridgehead atoms. The highest BCUT2D eigenvalue weighted by Gasteiger charge is 2.37. The van der Waals surface area contributed by atoms with Crippen LogP contribution < -0.4 is 4.90 Å². The minimum absolute atomic E-state index is 0.000701. The first-order valence-electron chi connectivity index (χ1n) is 9.24. The lowest BCUT2D eigenvalue weighted by Gasteiger charge is -2.22. The molecule has 0 aromatic heterocycles. The van der Waals surface area contributed by atoms with Crippen LogP contribution in [0, 0.1) is 5.82 Å². The number of amides is 1. The molecule has 0 fully saturated rings. The molecule has 3 aromatic carbocycles. The minimum atomic E-state index is -3.98. The first-order chi connectivity index (χ1) is 14.4. The summed E-state index contributed by atoms with van der Waals surface area (Å²) in [6.07, 6.45) is 0. The summed E-state index contributed by atoms with van der Waals surface area (Å²) < 4.78 is 42.1. The Hall–Kier alpha value is -2.74. The van der Waals surface area contributed by atoms with Crippen molar-refractivity contribution in [1.29, 1.82) is 0 Å². The van der Waals surface area contributed by atoms with Crippen LogP contribution in [0.25, 0.3) is 0 Å². The van der Waals surface area contributed by atoms with E-state index >= 15 is 0 Å². The van der Waals surface area contributed by atoms with Crippen molar-refractivity contribution < 1.29 is 17.6 Å². The van der Waals surface area contributed by atoms with E-state index < -0.39 is 21.7 Å². The van der Waals surface area contributed by atoms with E-state index in [2.05, 4.69) is 0 Å². The Balaban J connectivity index is 1.78. The summed E-state index contributed by atoms with van der Waals surface area (Å²) in [7, 11) is -3.98. The monoisotopic (exact) mass is 444 g/mol. The zero-order valence-electron chi connectivity index (χ0n) is 15.8. The van der Waals surface area contributed by atoms with Crippen LogP contribution in [-0.2, 0) is 27.9 Å². The van der Waals surface area contributed by atoms with E-state index in [0.29, 0.717) is 16.1 Å². The fraction of sp³-hybridized carbons (Fsp3) is 0.136. The zero-order chi connectivity index (χ0) is 21.3. The third kappa shape index (κ3) is 3.84. The molecule has 3 aromatic rings. The first-order valence-corrected chi connectivity index (χ1v) is 11.1. The lowest BCUT2D eigenvalue weighted by atomic mass is 10.1. The van der Waals surface area contributed by atoms with Crippen molar-refractivity contribution in [1.82, 2.24) is 4.31 Å². The second kappa shape index (κ2) is 8.18. The fourth-order valence-electron chi connectivity index (χ4n) is 3.42. The number of hydrogen-bond acceptors (Lipinski definition) is 3. The molecule has 1 aliphatic heterocycles. The van der Waals surface area contributed by atoms with Crippen LogP contribution >= 0.6 is 11.6 Å². The molecule has 0 saturated heterocycles. The van der Waals surface area contributed by atoms with E-state index in [1.165, 1.54) is 17.0 Å². The molecule has 0 spiro atoms. The van der Waals surface area contributed by atoms with Crippen LogP contribution in [0.15, 0.2) is 77.7 Å². The summed E-state index contributed by atoms with van der Waals surface area (Å²) in [6.45, 7) is -0.496. The van der Waals surface area contributed by atoms with E-state index in [1.807, 2.05) is 0 Å². The minimum Gasteiger partial charge on any atom is -0.305 e. The van der Waals surface area contributed by atoms with Gasteiger partial charge in [-0.2, -0.15) is 4.31 Å². The number of hydrogen-bond donors (Lipinski definition) is 0. The van der Waals surface area contributed by atoms with Crippen molar-refractivity contribution in [3.63, 3.8) is 0 Å². The van der Waals surface area contributed by atoms with Gasteiger partial charge in [-0.15, -0.1) is 0 Å². The third-order valence-corrected chi connectivity index (χ3v) is 7.19. The van der Waals surface area contributed by atoms with E-state index in [-0.39, 0.29) is 30.2 Å². The van der Waals surface area contributed by atoms with Gasteiger partial charge in [0.1, 0.15) is 10.7 Å². The first kappa shape index (κ1) is 20.5. The maximum absolute atomic E-state index is 14.2. The standard InChI is InChI=1S/C22H18ClFN2O3S/c23-18-9-3-1-7-16(18)13-25-15-22(27)26(14-17-8-2-4-10-19(17)24)20-11-5-6-12-21(20)30(25,28)29/h1-12H,13-15H2. The van der Waals surface area contributed by atoms with Gasteiger partial charge in [0.25, 0.3) is 0 Å². The number of carbonyl (C=O) groups excluding carboxylic acids is 1. The van der Waals surface area contributed by atoms with Gasteiger partial charge in [-0.3, -0.25) is 4.79 Å². The number of benzene rings is 3. The predicted molar refractivity (Wildman–Crippen MR) is 113 cm³/mol. The molecule has 4 rings (SSSR count). The van der Waals surface area contributed by atoms with Gasteiger partial charge in [-0.1, -0.05) is 60.1 Å². The SMILES string of the molecule is O=C1CN(Cc2ccccc2Cl)S(=O)(=O)c2ccccc2N1Cc1ccccc1F. The molecule has 1 heterocycles. The third-order valence-electron chi connectivity index (χ3n) is 4.98. The zero-order valence-corrected chi connectivity index (χ0v) is 17.4. The maximum Gasteiger partial charge on any atom is 0.245 e. The van der Waals surface area contributed by atoms with Gasteiger partial charge in [-0.25, -0.2) is 12.8 Å². The average molecular weight is 445 g/mol. The Morgan fingerprint density at radius 1 is 0.867 bits per heavy atom. The van der Waals surface area contributed by atoms with Crippen molar-refractivity contribution in [3.8, 4) is 0 Å². The lowest BCUT2D eigenvalue weighted by molar-refractivity contribution is -0.119. The summed E-state index contributed by atoms with van der Waals surface area (Å²) in [4.78, 5) is 14.4. The second-order valence-electron chi connectivity index (χ2n) is 6.90. The number of halogens is 2.